The maximum atomic E-state index is 12.2. The summed E-state index contributed by atoms with van der Waals surface area (Å²) in [6.45, 7) is 7.11. The van der Waals surface area contributed by atoms with Gasteiger partial charge in [0.1, 0.15) is 0 Å². The van der Waals surface area contributed by atoms with Crippen molar-refractivity contribution in [3.05, 3.63) is 35.4 Å². The van der Waals surface area contributed by atoms with Crippen LogP contribution in [-0.2, 0) is 20.4 Å². The van der Waals surface area contributed by atoms with Crippen molar-refractivity contribution in [2.75, 3.05) is 0 Å². The van der Waals surface area contributed by atoms with Crippen molar-refractivity contribution in [1.82, 2.24) is 0 Å². The molecule has 4 nitrogen and oxygen atoms in total. The van der Waals surface area contributed by atoms with Crippen molar-refractivity contribution in [1.29, 1.82) is 0 Å². The summed E-state index contributed by atoms with van der Waals surface area (Å²) in [5.74, 6) is -1.41. The van der Waals surface area contributed by atoms with Crippen LogP contribution < -0.4 is 0 Å². The van der Waals surface area contributed by atoms with Crippen LogP contribution in [0.3, 0.4) is 0 Å². The summed E-state index contributed by atoms with van der Waals surface area (Å²) < 4.78 is 24.3. The molecule has 0 heterocycles. The van der Waals surface area contributed by atoms with Gasteiger partial charge in [0.15, 0.2) is 9.84 Å². The molecule has 0 fully saturated rings. The first-order valence-electron chi connectivity index (χ1n) is 6.68. The van der Waals surface area contributed by atoms with Crippen LogP contribution in [0, 0.1) is 5.92 Å². The fraction of sp³-hybridized carbons (Fsp3) is 0.533. The Balaban J connectivity index is 2.88. The third-order valence-corrected chi connectivity index (χ3v) is 6.14. The molecule has 112 valence electrons. The maximum Gasteiger partial charge on any atom is 0.310 e. The van der Waals surface area contributed by atoms with E-state index < -0.39 is 21.7 Å². The van der Waals surface area contributed by atoms with Crippen molar-refractivity contribution >= 4 is 15.8 Å². The topological polar surface area (TPSA) is 71.4 Å². The summed E-state index contributed by atoms with van der Waals surface area (Å²) in [5.41, 5.74) is 1.37. The van der Waals surface area contributed by atoms with E-state index in [2.05, 4.69) is 0 Å². The highest BCUT2D eigenvalue weighted by Gasteiger charge is 2.24. The van der Waals surface area contributed by atoms with Crippen LogP contribution in [0.4, 0.5) is 0 Å². The molecule has 0 amide bonds. The van der Waals surface area contributed by atoms with Crippen molar-refractivity contribution < 1.29 is 18.3 Å². The van der Waals surface area contributed by atoms with E-state index in [9.17, 15) is 13.2 Å². The Bertz CT molecular complexity index is 558. The van der Waals surface area contributed by atoms with E-state index in [-0.39, 0.29) is 16.9 Å². The van der Waals surface area contributed by atoms with Crippen molar-refractivity contribution in [2.45, 2.75) is 44.6 Å². The van der Waals surface area contributed by atoms with Gasteiger partial charge in [0, 0.05) is 0 Å². The molecule has 1 N–H and O–H groups in total. The minimum absolute atomic E-state index is 0.00587. The van der Waals surface area contributed by atoms with E-state index >= 15 is 0 Å². The van der Waals surface area contributed by atoms with Crippen LogP contribution in [0.1, 0.15) is 44.7 Å². The second kappa shape index (κ2) is 6.39. The van der Waals surface area contributed by atoms with Gasteiger partial charge in [0.05, 0.1) is 16.9 Å². The van der Waals surface area contributed by atoms with Crippen LogP contribution in [-0.4, -0.2) is 24.7 Å². The molecule has 2 atom stereocenters. The van der Waals surface area contributed by atoms with Crippen molar-refractivity contribution in [3.8, 4) is 0 Å². The number of carboxylic acid groups (broad SMARTS) is 1. The van der Waals surface area contributed by atoms with E-state index in [4.69, 9.17) is 5.11 Å². The molecular formula is C15H22O4S. The van der Waals surface area contributed by atoms with Gasteiger partial charge in [-0.25, -0.2) is 8.42 Å². The summed E-state index contributed by atoms with van der Waals surface area (Å²) in [5, 5.41) is 8.54. The molecule has 0 saturated carbocycles. The lowest BCUT2D eigenvalue weighted by Gasteiger charge is -2.16. The smallest absolute Gasteiger partial charge is 0.310 e. The van der Waals surface area contributed by atoms with Gasteiger partial charge in [-0.15, -0.1) is 0 Å². The molecule has 5 heteroatoms. The lowest BCUT2D eigenvalue weighted by Crippen LogP contribution is -2.24. The summed E-state index contributed by atoms with van der Waals surface area (Å²) in [6.07, 6.45) is 0. The zero-order valence-corrected chi connectivity index (χ0v) is 13.1. The van der Waals surface area contributed by atoms with Gasteiger partial charge < -0.3 is 5.11 Å². The molecule has 1 aromatic rings. The molecule has 1 aromatic carbocycles. The van der Waals surface area contributed by atoms with Gasteiger partial charge in [-0.2, -0.15) is 0 Å². The summed E-state index contributed by atoms with van der Waals surface area (Å²) in [6, 6.07) is 6.76. The molecule has 0 spiro atoms. The van der Waals surface area contributed by atoms with Crippen LogP contribution >= 0.6 is 0 Å². The fourth-order valence-electron chi connectivity index (χ4n) is 1.82. The zero-order chi connectivity index (χ0) is 15.5. The fourth-order valence-corrected chi connectivity index (χ4v) is 3.57. The van der Waals surface area contributed by atoms with Gasteiger partial charge in [0.2, 0.25) is 0 Å². The van der Waals surface area contributed by atoms with Crippen LogP contribution in [0.2, 0.25) is 0 Å². The molecular weight excluding hydrogens is 276 g/mol. The average molecular weight is 298 g/mol. The molecule has 0 aromatic heterocycles. The van der Waals surface area contributed by atoms with E-state index in [1.165, 1.54) is 0 Å². The Kier molecular flexibility index (Phi) is 5.34. The molecule has 0 bridgehead atoms. The third kappa shape index (κ3) is 4.07. The number of benzene rings is 1. The van der Waals surface area contributed by atoms with Gasteiger partial charge in [-0.3, -0.25) is 4.79 Å². The Labute approximate surface area is 120 Å². The molecule has 2 unspecified atom stereocenters. The lowest BCUT2D eigenvalue weighted by atomic mass is 10.0. The SMILES string of the molecule is CC(C(=O)O)c1ccc(CS(=O)(=O)C(C)C(C)C)cc1. The predicted octanol–water partition coefficient (Wildman–Crippen LogP) is 2.83. The van der Waals surface area contributed by atoms with E-state index in [0.717, 1.165) is 0 Å². The quantitative estimate of drug-likeness (QED) is 0.876. The molecule has 0 radical (unpaired) electrons. The highest BCUT2D eigenvalue weighted by molar-refractivity contribution is 7.91. The van der Waals surface area contributed by atoms with Crippen molar-refractivity contribution in [2.24, 2.45) is 5.92 Å². The van der Waals surface area contributed by atoms with Gasteiger partial charge >= 0.3 is 5.97 Å². The van der Waals surface area contributed by atoms with Crippen molar-refractivity contribution in [3.63, 3.8) is 0 Å². The normalized spacial score (nSPS) is 15.1. The standard InChI is InChI=1S/C15H22O4S/c1-10(2)12(4)20(18,19)9-13-5-7-14(8-6-13)11(3)15(16)17/h5-8,10-12H,9H2,1-4H3,(H,16,17). The summed E-state index contributed by atoms with van der Waals surface area (Å²) in [4.78, 5) is 10.9. The lowest BCUT2D eigenvalue weighted by molar-refractivity contribution is -0.138. The maximum absolute atomic E-state index is 12.2. The number of hydrogen-bond donors (Lipinski definition) is 1. The van der Waals surface area contributed by atoms with Gasteiger partial charge in [-0.05, 0) is 30.9 Å². The predicted molar refractivity (Wildman–Crippen MR) is 79.4 cm³/mol. The Hall–Kier alpha value is -1.36. The summed E-state index contributed by atoms with van der Waals surface area (Å²) in [7, 11) is -3.18. The van der Waals surface area contributed by atoms with E-state index in [0.29, 0.717) is 11.1 Å². The van der Waals surface area contributed by atoms with Gasteiger partial charge in [0.25, 0.3) is 0 Å². The first kappa shape index (κ1) is 16.7. The number of rotatable bonds is 6. The number of carbonyl (C=O) groups is 1. The Morgan fingerprint density at radius 2 is 1.60 bits per heavy atom. The van der Waals surface area contributed by atoms with Gasteiger partial charge in [-0.1, -0.05) is 38.1 Å². The number of sulfone groups is 1. The average Bonchev–Trinajstić information content (AvgIpc) is 2.37. The monoisotopic (exact) mass is 298 g/mol. The van der Waals surface area contributed by atoms with E-state index in [1.54, 1.807) is 38.1 Å². The molecule has 0 aliphatic rings. The molecule has 20 heavy (non-hydrogen) atoms. The molecule has 1 rings (SSSR count). The van der Waals surface area contributed by atoms with Crippen LogP contribution in [0.25, 0.3) is 0 Å². The highest BCUT2D eigenvalue weighted by atomic mass is 32.2. The molecule has 0 saturated heterocycles. The number of carboxylic acids is 1. The minimum Gasteiger partial charge on any atom is -0.481 e. The highest BCUT2D eigenvalue weighted by Crippen LogP contribution is 2.20. The molecule has 0 aliphatic carbocycles. The Morgan fingerprint density at radius 1 is 1.10 bits per heavy atom. The van der Waals surface area contributed by atoms with E-state index in [1.807, 2.05) is 13.8 Å². The first-order valence-corrected chi connectivity index (χ1v) is 8.40. The third-order valence-electron chi connectivity index (χ3n) is 3.72. The first-order chi connectivity index (χ1) is 9.15. The van der Waals surface area contributed by atoms with Crippen LogP contribution in [0.15, 0.2) is 24.3 Å². The Morgan fingerprint density at radius 3 is 2.00 bits per heavy atom. The minimum atomic E-state index is -3.18. The number of hydrogen-bond acceptors (Lipinski definition) is 3. The largest absolute Gasteiger partial charge is 0.481 e. The molecule has 0 aliphatic heterocycles. The zero-order valence-electron chi connectivity index (χ0n) is 12.3. The second-order valence-corrected chi connectivity index (χ2v) is 7.92. The number of aliphatic carboxylic acids is 1. The van der Waals surface area contributed by atoms with Crippen LogP contribution in [0.5, 0.6) is 0 Å². The second-order valence-electron chi connectivity index (χ2n) is 5.56. The summed E-state index contributed by atoms with van der Waals surface area (Å²) >= 11 is 0.